The molecule has 0 spiro atoms. The average Bonchev–Trinajstić information content (AvgIpc) is 3.12. The smallest absolute Gasteiger partial charge is 0.255 e. The van der Waals surface area contributed by atoms with Gasteiger partial charge >= 0.3 is 0 Å². The number of hydrogen-bond donors (Lipinski definition) is 4. The molecule has 2 heterocycles. The van der Waals surface area contributed by atoms with Gasteiger partial charge in [-0.3, -0.25) is 20.0 Å². The normalized spacial score (nSPS) is 15.8. The molecule has 138 valence electrons. The zero-order valence-electron chi connectivity index (χ0n) is 14.9. The highest BCUT2D eigenvalue weighted by atomic mass is 32.1. The molecule has 27 heavy (non-hydrogen) atoms. The van der Waals surface area contributed by atoms with Gasteiger partial charge in [0.25, 0.3) is 5.91 Å². The van der Waals surface area contributed by atoms with Crippen molar-refractivity contribution in [3.05, 3.63) is 48.0 Å². The molecule has 0 radical (unpaired) electrons. The molecule has 0 unspecified atom stereocenters. The Kier molecular flexibility index (Phi) is 4.07. The number of nitrogens with one attached hydrogen (secondary N) is 3. The molecule has 1 aliphatic rings. The molecule has 0 atom stereocenters. The molecule has 0 bridgehead atoms. The first kappa shape index (κ1) is 17.4. The number of aromatic nitrogens is 2. The van der Waals surface area contributed by atoms with Gasteiger partial charge in [-0.2, -0.15) is 0 Å². The molecule has 4 rings (SSSR count). The van der Waals surface area contributed by atoms with Crippen LogP contribution in [-0.2, 0) is 4.79 Å². The number of carbonyl (C=O) groups is 2. The number of H-pyrrole nitrogens is 1. The molecule has 3 N–H and O–H groups in total. The largest absolute Gasteiger partial charge is 0.333 e. The van der Waals surface area contributed by atoms with Gasteiger partial charge < -0.3 is 10.3 Å². The SMILES string of the molecule is CC1(C)CN(c2ccc(C(=O)Nc3ccc4[nH]c(S)nc4c3)cc2)NC1=O. The average molecular weight is 381 g/mol. The number of aromatic amines is 1. The molecule has 0 aliphatic carbocycles. The molecular formula is C19H19N5O2S. The first-order valence-corrected chi connectivity index (χ1v) is 8.95. The van der Waals surface area contributed by atoms with E-state index in [4.69, 9.17) is 0 Å². The first-order valence-electron chi connectivity index (χ1n) is 8.51. The summed E-state index contributed by atoms with van der Waals surface area (Å²) >= 11 is 4.18. The van der Waals surface area contributed by atoms with Gasteiger partial charge in [0, 0.05) is 11.3 Å². The van der Waals surface area contributed by atoms with E-state index in [1.54, 1.807) is 23.2 Å². The van der Waals surface area contributed by atoms with Crippen molar-refractivity contribution in [2.24, 2.45) is 5.41 Å². The lowest BCUT2D eigenvalue weighted by atomic mass is 9.94. The number of nitrogens with zero attached hydrogens (tertiary/aromatic N) is 2. The van der Waals surface area contributed by atoms with Crippen LogP contribution >= 0.6 is 12.6 Å². The Morgan fingerprint density at radius 1 is 1.22 bits per heavy atom. The number of carbonyl (C=O) groups excluding carboxylic acids is 2. The van der Waals surface area contributed by atoms with Crippen LogP contribution in [-0.4, -0.2) is 28.3 Å². The zero-order valence-corrected chi connectivity index (χ0v) is 15.8. The highest BCUT2D eigenvalue weighted by Crippen LogP contribution is 2.27. The van der Waals surface area contributed by atoms with E-state index in [2.05, 4.69) is 33.3 Å². The summed E-state index contributed by atoms with van der Waals surface area (Å²) in [6.07, 6.45) is 0. The van der Waals surface area contributed by atoms with E-state index in [0.717, 1.165) is 16.7 Å². The second kappa shape index (κ2) is 6.31. The van der Waals surface area contributed by atoms with Crippen molar-refractivity contribution in [2.75, 3.05) is 16.9 Å². The van der Waals surface area contributed by atoms with E-state index in [1.807, 2.05) is 38.1 Å². The number of benzene rings is 2. The topological polar surface area (TPSA) is 90.1 Å². The van der Waals surface area contributed by atoms with Crippen molar-refractivity contribution in [1.82, 2.24) is 15.4 Å². The van der Waals surface area contributed by atoms with Crippen LogP contribution in [0, 0.1) is 5.41 Å². The summed E-state index contributed by atoms with van der Waals surface area (Å²) in [4.78, 5) is 31.7. The highest BCUT2D eigenvalue weighted by molar-refractivity contribution is 7.80. The van der Waals surface area contributed by atoms with Crippen molar-refractivity contribution in [1.29, 1.82) is 0 Å². The molecule has 1 fully saturated rings. The summed E-state index contributed by atoms with van der Waals surface area (Å²) in [6, 6.07) is 12.6. The van der Waals surface area contributed by atoms with Gasteiger partial charge in [-0.15, -0.1) is 12.6 Å². The maximum Gasteiger partial charge on any atom is 0.255 e. The highest BCUT2D eigenvalue weighted by Gasteiger charge is 2.38. The van der Waals surface area contributed by atoms with Crippen LogP contribution in [0.25, 0.3) is 11.0 Å². The number of rotatable bonds is 3. The number of amides is 2. The molecule has 1 aliphatic heterocycles. The summed E-state index contributed by atoms with van der Waals surface area (Å²) < 4.78 is 0. The van der Waals surface area contributed by atoms with Crippen LogP contribution in [0.3, 0.4) is 0 Å². The lowest BCUT2D eigenvalue weighted by molar-refractivity contribution is -0.125. The maximum atomic E-state index is 12.5. The zero-order chi connectivity index (χ0) is 19.2. The quantitative estimate of drug-likeness (QED) is 0.525. The van der Waals surface area contributed by atoms with Crippen molar-refractivity contribution in [3.8, 4) is 0 Å². The molecule has 1 saturated heterocycles. The van der Waals surface area contributed by atoms with E-state index in [0.29, 0.717) is 23.0 Å². The third-order valence-electron chi connectivity index (χ3n) is 4.57. The molecule has 2 aromatic carbocycles. The van der Waals surface area contributed by atoms with E-state index in [-0.39, 0.29) is 11.8 Å². The summed E-state index contributed by atoms with van der Waals surface area (Å²) in [5, 5.41) is 5.19. The number of thiol groups is 1. The van der Waals surface area contributed by atoms with Gasteiger partial charge in [0.1, 0.15) is 0 Å². The summed E-state index contributed by atoms with van der Waals surface area (Å²) in [5.41, 5.74) is 6.03. The molecule has 0 saturated carbocycles. The third-order valence-corrected chi connectivity index (χ3v) is 4.79. The molecule has 8 heteroatoms. The van der Waals surface area contributed by atoms with Crippen molar-refractivity contribution < 1.29 is 9.59 Å². The van der Waals surface area contributed by atoms with Gasteiger partial charge in [-0.05, 0) is 56.3 Å². The first-order chi connectivity index (χ1) is 12.8. The maximum absolute atomic E-state index is 12.5. The fraction of sp³-hybridized carbons (Fsp3) is 0.211. The van der Waals surface area contributed by atoms with Crippen LogP contribution in [0.15, 0.2) is 47.6 Å². The number of fused-ring (bicyclic) bond motifs is 1. The Labute approximate surface area is 161 Å². The number of hydrogen-bond acceptors (Lipinski definition) is 5. The summed E-state index contributed by atoms with van der Waals surface area (Å²) in [5.74, 6) is -0.226. The molecule has 3 aromatic rings. The van der Waals surface area contributed by atoms with Crippen molar-refractivity contribution >= 4 is 46.9 Å². The Bertz CT molecular complexity index is 1040. The minimum absolute atomic E-state index is 0.0116. The van der Waals surface area contributed by atoms with Crippen molar-refractivity contribution in [3.63, 3.8) is 0 Å². The van der Waals surface area contributed by atoms with E-state index >= 15 is 0 Å². The van der Waals surface area contributed by atoms with E-state index in [9.17, 15) is 9.59 Å². The van der Waals surface area contributed by atoms with Crippen LogP contribution in [0.5, 0.6) is 0 Å². The summed E-state index contributed by atoms with van der Waals surface area (Å²) in [6.45, 7) is 4.38. The van der Waals surface area contributed by atoms with Crippen molar-refractivity contribution in [2.45, 2.75) is 19.0 Å². The van der Waals surface area contributed by atoms with E-state index < -0.39 is 5.41 Å². The van der Waals surface area contributed by atoms with Crippen LogP contribution in [0.4, 0.5) is 11.4 Å². The van der Waals surface area contributed by atoms with Gasteiger partial charge in [-0.1, -0.05) is 0 Å². The lowest BCUT2D eigenvalue weighted by Gasteiger charge is -2.19. The van der Waals surface area contributed by atoms with Gasteiger partial charge in [0.15, 0.2) is 5.16 Å². The predicted octanol–water partition coefficient (Wildman–Crippen LogP) is 2.98. The third kappa shape index (κ3) is 3.35. The predicted molar refractivity (Wildman–Crippen MR) is 107 cm³/mol. The Hall–Kier alpha value is -3.00. The Morgan fingerprint density at radius 3 is 2.63 bits per heavy atom. The second-order valence-corrected chi connectivity index (χ2v) is 7.63. The molecule has 1 aromatic heterocycles. The van der Waals surface area contributed by atoms with Gasteiger partial charge in [-0.25, -0.2) is 4.98 Å². The minimum atomic E-state index is -0.437. The minimum Gasteiger partial charge on any atom is -0.333 e. The number of hydrazine groups is 1. The number of anilines is 2. The Balaban J connectivity index is 1.48. The number of imidazole rings is 1. The van der Waals surface area contributed by atoms with Crippen LogP contribution in [0.1, 0.15) is 24.2 Å². The Morgan fingerprint density at radius 2 is 1.96 bits per heavy atom. The van der Waals surface area contributed by atoms with Crippen LogP contribution < -0.4 is 15.8 Å². The fourth-order valence-corrected chi connectivity index (χ4v) is 3.23. The molecular weight excluding hydrogens is 362 g/mol. The second-order valence-electron chi connectivity index (χ2n) is 7.20. The molecule has 7 nitrogen and oxygen atoms in total. The lowest BCUT2D eigenvalue weighted by Crippen LogP contribution is -2.33. The van der Waals surface area contributed by atoms with Gasteiger partial charge in [0.05, 0.1) is 28.7 Å². The molecule has 2 amide bonds. The monoisotopic (exact) mass is 381 g/mol. The fourth-order valence-electron chi connectivity index (χ4n) is 3.00. The van der Waals surface area contributed by atoms with Gasteiger partial charge in [0.2, 0.25) is 5.91 Å². The van der Waals surface area contributed by atoms with Crippen LogP contribution in [0.2, 0.25) is 0 Å². The summed E-state index contributed by atoms with van der Waals surface area (Å²) in [7, 11) is 0. The standard InChI is InChI=1S/C19H19N5O2S/c1-19(2)10-24(23-17(19)26)13-6-3-11(4-7-13)16(25)20-12-5-8-14-15(9-12)22-18(27)21-14/h3-9H,10H2,1-2H3,(H,20,25)(H,23,26)(H2,21,22,27). The van der Waals surface area contributed by atoms with E-state index in [1.165, 1.54) is 0 Å².